The van der Waals surface area contributed by atoms with Gasteiger partial charge in [0.15, 0.2) is 12.1 Å². The van der Waals surface area contributed by atoms with Crippen LogP contribution in [0.5, 0.6) is 0 Å². The Morgan fingerprint density at radius 1 is 1.00 bits per heavy atom. The summed E-state index contributed by atoms with van der Waals surface area (Å²) in [6, 6.07) is 0. The van der Waals surface area contributed by atoms with E-state index in [9.17, 15) is 15.3 Å². The molecular formula is C10H18O6. The van der Waals surface area contributed by atoms with Gasteiger partial charge in [0.05, 0.1) is 13.2 Å². The predicted molar refractivity (Wildman–Crippen MR) is 52.4 cm³/mol. The second kappa shape index (κ2) is 3.38. The van der Waals surface area contributed by atoms with Gasteiger partial charge in [-0.2, -0.15) is 0 Å². The van der Waals surface area contributed by atoms with Crippen LogP contribution in [0.2, 0.25) is 0 Å². The van der Waals surface area contributed by atoms with Crippen molar-refractivity contribution in [3.8, 4) is 0 Å². The minimum atomic E-state index is -1.51. The molecule has 6 nitrogen and oxygen atoms in total. The molecule has 2 rings (SSSR count). The molecule has 0 aromatic carbocycles. The predicted octanol–water partition coefficient (Wildman–Crippen LogP) is -1.03. The maximum absolute atomic E-state index is 10.4. The molecule has 6 heteroatoms. The number of rotatable bonds is 2. The van der Waals surface area contributed by atoms with Crippen molar-refractivity contribution in [3.05, 3.63) is 0 Å². The van der Waals surface area contributed by atoms with Crippen LogP contribution >= 0.6 is 0 Å². The lowest BCUT2D eigenvalue weighted by Gasteiger charge is -2.38. The van der Waals surface area contributed by atoms with Crippen LogP contribution in [0.15, 0.2) is 0 Å². The van der Waals surface area contributed by atoms with Gasteiger partial charge in [-0.05, 0) is 20.8 Å². The highest BCUT2D eigenvalue weighted by molar-refractivity contribution is 5.11. The van der Waals surface area contributed by atoms with Crippen LogP contribution in [-0.2, 0) is 14.2 Å². The van der Waals surface area contributed by atoms with Crippen molar-refractivity contribution in [1.29, 1.82) is 0 Å². The largest absolute Gasteiger partial charge is 0.393 e. The summed E-state index contributed by atoms with van der Waals surface area (Å²) in [7, 11) is 0. The Labute approximate surface area is 93.7 Å². The molecule has 0 amide bonds. The summed E-state index contributed by atoms with van der Waals surface area (Å²) in [5, 5.41) is 28.9. The summed E-state index contributed by atoms with van der Waals surface area (Å²) in [5.41, 5.74) is -2.95. The summed E-state index contributed by atoms with van der Waals surface area (Å²) in [4.78, 5) is 0. The van der Waals surface area contributed by atoms with Crippen LogP contribution in [-0.4, -0.2) is 57.9 Å². The van der Waals surface area contributed by atoms with Gasteiger partial charge in [-0.25, -0.2) is 0 Å². The van der Waals surface area contributed by atoms with Crippen LogP contribution in [0.4, 0.5) is 0 Å². The third-order valence-corrected chi connectivity index (χ3v) is 3.39. The van der Waals surface area contributed by atoms with Gasteiger partial charge in [0.1, 0.15) is 17.3 Å². The van der Waals surface area contributed by atoms with Crippen molar-refractivity contribution in [3.63, 3.8) is 0 Å². The van der Waals surface area contributed by atoms with Crippen molar-refractivity contribution in [2.24, 2.45) is 0 Å². The number of ether oxygens (including phenoxy) is 3. The molecule has 0 unspecified atom stereocenters. The first-order valence-electron chi connectivity index (χ1n) is 5.25. The van der Waals surface area contributed by atoms with Gasteiger partial charge >= 0.3 is 0 Å². The average Bonchev–Trinajstić information content (AvgIpc) is 2.58. The maximum Gasteiger partial charge on any atom is 0.191 e. The highest BCUT2D eigenvalue weighted by atomic mass is 16.8. The van der Waals surface area contributed by atoms with Gasteiger partial charge in [-0.15, -0.1) is 0 Å². The van der Waals surface area contributed by atoms with Gasteiger partial charge in [0, 0.05) is 0 Å². The Morgan fingerprint density at radius 3 is 2.00 bits per heavy atom. The number of fused-ring (bicyclic) bond motifs is 1. The zero-order valence-electron chi connectivity index (χ0n) is 9.64. The summed E-state index contributed by atoms with van der Waals surface area (Å²) in [6.45, 7) is 3.89. The Morgan fingerprint density at radius 2 is 1.56 bits per heavy atom. The Hall–Kier alpha value is -0.240. The zero-order chi connectivity index (χ0) is 12.2. The molecule has 3 atom stereocenters. The first-order chi connectivity index (χ1) is 7.28. The van der Waals surface area contributed by atoms with Crippen molar-refractivity contribution in [2.45, 2.75) is 50.2 Å². The minimum absolute atomic E-state index is 0.503. The number of aliphatic hydroxyl groups is 3. The van der Waals surface area contributed by atoms with E-state index in [1.54, 1.807) is 13.8 Å². The first-order valence-corrected chi connectivity index (χ1v) is 5.25. The van der Waals surface area contributed by atoms with E-state index in [4.69, 9.17) is 14.2 Å². The molecule has 0 aliphatic carbocycles. The van der Waals surface area contributed by atoms with E-state index in [0.29, 0.717) is 0 Å². The lowest BCUT2D eigenvalue weighted by molar-refractivity contribution is -0.270. The summed E-state index contributed by atoms with van der Waals surface area (Å²) in [6.07, 6.45) is -1.49. The van der Waals surface area contributed by atoms with Crippen LogP contribution in [0.3, 0.4) is 0 Å². The van der Waals surface area contributed by atoms with Gasteiger partial charge in [0.2, 0.25) is 0 Å². The molecule has 0 bridgehead atoms. The summed E-state index contributed by atoms with van der Waals surface area (Å²) in [5.74, 6) is -0.837. The summed E-state index contributed by atoms with van der Waals surface area (Å²) >= 11 is 0. The molecule has 0 aromatic heterocycles. The molecule has 0 aromatic rings. The lowest BCUT2D eigenvalue weighted by Crippen LogP contribution is -2.59. The van der Waals surface area contributed by atoms with Crippen LogP contribution in [0.1, 0.15) is 20.8 Å². The maximum atomic E-state index is 10.4. The quantitative estimate of drug-likeness (QED) is 0.566. The molecule has 3 N–H and O–H groups in total. The molecule has 16 heavy (non-hydrogen) atoms. The van der Waals surface area contributed by atoms with Crippen molar-refractivity contribution >= 4 is 0 Å². The van der Waals surface area contributed by atoms with Crippen LogP contribution < -0.4 is 0 Å². The zero-order valence-corrected chi connectivity index (χ0v) is 9.64. The highest BCUT2D eigenvalue weighted by Gasteiger charge is 2.67. The van der Waals surface area contributed by atoms with E-state index in [0.717, 1.165) is 0 Å². The minimum Gasteiger partial charge on any atom is -0.393 e. The summed E-state index contributed by atoms with van der Waals surface area (Å²) < 4.78 is 16.4. The molecule has 2 heterocycles. The Kier molecular flexibility index (Phi) is 2.58. The molecule has 0 saturated carbocycles. The fraction of sp³-hybridized carbons (Fsp3) is 1.00. The third kappa shape index (κ3) is 1.42. The fourth-order valence-electron chi connectivity index (χ4n) is 2.24. The lowest BCUT2D eigenvalue weighted by atomic mass is 9.83. The van der Waals surface area contributed by atoms with Gasteiger partial charge in [0.25, 0.3) is 0 Å². The molecule has 0 radical (unpaired) electrons. The average molecular weight is 234 g/mol. The van der Waals surface area contributed by atoms with Crippen molar-refractivity contribution in [1.82, 2.24) is 0 Å². The second-order valence-corrected chi connectivity index (χ2v) is 5.00. The Balaban J connectivity index is 2.29. The van der Waals surface area contributed by atoms with E-state index >= 15 is 0 Å². The van der Waals surface area contributed by atoms with E-state index in [1.807, 2.05) is 0 Å². The van der Waals surface area contributed by atoms with Gasteiger partial charge < -0.3 is 29.5 Å². The van der Waals surface area contributed by atoms with E-state index in [2.05, 4.69) is 0 Å². The standard InChI is InChI=1S/C10H18O6/c1-8(2)14-6-7(15-8)16-10(4-11,5-12)9(6,3)13/h6-7,11-13H,4-5H2,1-3H3/t6-,7-,9+/m0/s1. The van der Waals surface area contributed by atoms with Crippen molar-refractivity contribution in [2.75, 3.05) is 13.2 Å². The fourth-order valence-corrected chi connectivity index (χ4v) is 2.24. The van der Waals surface area contributed by atoms with Gasteiger partial charge in [-0.3, -0.25) is 0 Å². The monoisotopic (exact) mass is 234 g/mol. The molecule has 0 spiro atoms. The Bertz CT molecular complexity index is 283. The topological polar surface area (TPSA) is 88.4 Å². The first kappa shape index (κ1) is 12.2. The van der Waals surface area contributed by atoms with Gasteiger partial charge in [-0.1, -0.05) is 0 Å². The molecule has 2 aliphatic rings. The third-order valence-electron chi connectivity index (χ3n) is 3.39. The van der Waals surface area contributed by atoms with Crippen LogP contribution in [0, 0.1) is 0 Å². The molecule has 2 fully saturated rings. The SMILES string of the molecule is CC1(C)O[C@H]2OC(CO)(CO)[C@](C)(O)[C@H]2O1. The smallest absolute Gasteiger partial charge is 0.191 e. The van der Waals surface area contributed by atoms with E-state index in [-0.39, 0.29) is 0 Å². The second-order valence-electron chi connectivity index (χ2n) is 5.00. The molecule has 94 valence electrons. The molecule has 2 saturated heterocycles. The number of hydrogen-bond acceptors (Lipinski definition) is 6. The number of aliphatic hydroxyl groups excluding tert-OH is 2. The highest BCUT2D eigenvalue weighted by Crippen LogP contribution is 2.47. The van der Waals surface area contributed by atoms with Crippen LogP contribution in [0.25, 0.3) is 0 Å². The molecular weight excluding hydrogens is 216 g/mol. The van der Waals surface area contributed by atoms with E-state index in [1.165, 1.54) is 6.92 Å². The van der Waals surface area contributed by atoms with Crippen molar-refractivity contribution < 1.29 is 29.5 Å². The number of hydrogen-bond donors (Lipinski definition) is 3. The molecule has 2 aliphatic heterocycles. The normalized spacial score (nSPS) is 44.6. The van der Waals surface area contributed by atoms with E-state index < -0.39 is 42.6 Å².